The van der Waals surface area contributed by atoms with Crippen molar-refractivity contribution in [2.75, 3.05) is 43.4 Å². The van der Waals surface area contributed by atoms with E-state index in [1.807, 2.05) is 4.57 Å². The normalized spacial score (nSPS) is 24.1. The summed E-state index contributed by atoms with van der Waals surface area (Å²) < 4.78 is 17.0. The Balaban J connectivity index is 1.59. The Morgan fingerprint density at radius 3 is 2.76 bits per heavy atom. The zero-order chi connectivity index (χ0) is 20.3. The Bertz CT molecular complexity index is 1090. The fourth-order valence-electron chi connectivity index (χ4n) is 5.24. The molecule has 29 heavy (non-hydrogen) atoms. The van der Waals surface area contributed by atoms with Gasteiger partial charge in [-0.1, -0.05) is 6.92 Å². The molecule has 0 amide bonds. The van der Waals surface area contributed by atoms with Gasteiger partial charge in [0.2, 0.25) is 5.43 Å². The number of hydrogen-bond donors (Lipinski definition) is 1. The van der Waals surface area contributed by atoms with Crippen molar-refractivity contribution < 1.29 is 14.3 Å². The molecule has 2 fully saturated rings. The van der Waals surface area contributed by atoms with Gasteiger partial charge < -0.3 is 19.5 Å². The van der Waals surface area contributed by atoms with Gasteiger partial charge in [-0.15, -0.1) is 11.8 Å². The summed E-state index contributed by atoms with van der Waals surface area (Å²) in [6.07, 6.45) is 2.19. The number of rotatable bonds is 3. The number of carboxylic acid groups (broad SMARTS) is 1. The molecular weight excluding hydrogens is 393 g/mol. The molecule has 3 aliphatic heterocycles. The Kier molecular flexibility index (Phi) is 4.40. The number of pyridine rings is 1. The van der Waals surface area contributed by atoms with Crippen molar-refractivity contribution in [3.63, 3.8) is 0 Å². The molecule has 0 radical (unpaired) electrons. The van der Waals surface area contributed by atoms with Crippen LogP contribution in [-0.2, 0) is 6.54 Å². The molecule has 154 valence electrons. The lowest BCUT2D eigenvalue weighted by Crippen LogP contribution is -2.31. The minimum atomic E-state index is -1.25. The zero-order valence-corrected chi connectivity index (χ0v) is 17.2. The highest BCUT2D eigenvalue weighted by Crippen LogP contribution is 2.42. The second-order valence-corrected chi connectivity index (χ2v) is 9.51. The SMILES string of the molecule is CCN1CCC2(CCN(c3cc4c(cc3F)c(=O)c(C(=O)O)c3n4CCS3)C2)C1. The van der Waals surface area contributed by atoms with Crippen LogP contribution in [0.3, 0.4) is 0 Å². The van der Waals surface area contributed by atoms with Crippen molar-refractivity contribution in [3.05, 3.63) is 33.7 Å². The second kappa shape index (κ2) is 6.74. The molecule has 1 aromatic carbocycles. The van der Waals surface area contributed by atoms with E-state index in [0.717, 1.165) is 45.6 Å². The topological polar surface area (TPSA) is 65.8 Å². The average Bonchev–Trinajstić information content (AvgIpc) is 3.42. The number of anilines is 1. The standard InChI is InChI=1S/C21H24FN3O3S/c1-2-23-5-3-21(11-23)4-6-24(12-21)16-10-15-13(9-14(16)22)18(26)17(20(27)28)19-25(15)7-8-29-19/h9-10H,2-8,11-12H2,1H3,(H,27,28). The maximum Gasteiger partial charge on any atom is 0.342 e. The third-order valence-electron chi connectivity index (χ3n) is 6.80. The highest BCUT2D eigenvalue weighted by Gasteiger charge is 2.43. The lowest BCUT2D eigenvalue weighted by atomic mass is 9.86. The smallest absolute Gasteiger partial charge is 0.342 e. The van der Waals surface area contributed by atoms with Crippen LogP contribution in [0.1, 0.15) is 30.1 Å². The predicted octanol–water partition coefficient (Wildman–Crippen LogP) is 2.87. The van der Waals surface area contributed by atoms with E-state index in [9.17, 15) is 14.7 Å². The van der Waals surface area contributed by atoms with Gasteiger partial charge in [0.15, 0.2) is 0 Å². The van der Waals surface area contributed by atoms with Crippen LogP contribution < -0.4 is 10.3 Å². The van der Waals surface area contributed by atoms with E-state index in [1.54, 1.807) is 6.07 Å². The summed E-state index contributed by atoms with van der Waals surface area (Å²) in [6, 6.07) is 3.01. The first-order valence-electron chi connectivity index (χ1n) is 10.2. The fourth-order valence-corrected chi connectivity index (χ4v) is 6.38. The lowest BCUT2D eigenvalue weighted by molar-refractivity contribution is 0.0690. The number of thioether (sulfide) groups is 1. The quantitative estimate of drug-likeness (QED) is 0.829. The number of halogens is 1. The number of aromatic nitrogens is 1. The first-order chi connectivity index (χ1) is 13.9. The van der Waals surface area contributed by atoms with Gasteiger partial charge in [0.05, 0.1) is 16.2 Å². The van der Waals surface area contributed by atoms with E-state index < -0.39 is 17.2 Å². The fraction of sp³-hybridized carbons (Fsp3) is 0.524. The van der Waals surface area contributed by atoms with Crippen LogP contribution in [0.5, 0.6) is 0 Å². The maximum atomic E-state index is 15.1. The first-order valence-corrected chi connectivity index (χ1v) is 11.1. The number of likely N-dealkylation sites (tertiary alicyclic amines) is 1. The highest BCUT2D eigenvalue weighted by atomic mass is 32.2. The largest absolute Gasteiger partial charge is 0.477 e. The molecule has 1 aromatic heterocycles. The van der Waals surface area contributed by atoms with Gasteiger partial charge in [0.1, 0.15) is 11.4 Å². The summed E-state index contributed by atoms with van der Waals surface area (Å²) in [5, 5.41) is 10.2. The Morgan fingerprint density at radius 2 is 2.03 bits per heavy atom. The molecule has 1 unspecified atom stereocenters. The molecule has 3 aliphatic rings. The van der Waals surface area contributed by atoms with E-state index in [2.05, 4.69) is 16.7 Å². The van der Waals surface area contributed by atoms with Crippen LogP contribution in [0, 0.1) is 11.2 Å². The molecule has 0 bridgehead atoms. The van der Waals surface area contributed by atoms with E-state index in [-0.39, 0.29) is 16.4 Å². The van der Waals surface area contributed by atoms with Crippen molar-refractivity contribution in [3.8, 4) is 0 Å². The molecule has 2 aromatic rings. The van der Waals surface area contributed by atoms with Crippen molar-refractivity contribution >= 4 is 34.3 Å². The molecule has 6 nitrogen and oxygen atoms in total. The summed E-state index contributed by atoms with van der Waals surface area (Å²) in [5.74, 6) is -0.979. The Labute approximate surface area is 172 Å². The summed E-state index contributed by atoms with van der Waals surface area (Å²) >= 11 is 1.38. The van der Waals surface area contributed by atoms with Crippen LogP contribution in [0.4, 0.5) is 10.1 Å². The number of carbonyl (C=O) groups is 1. The minimum Gasteiger partial charge on any atom is -0.477 e. The molecule has 5 rings (SSSR count). The number of fused-ring (bicyclic) bond motifs is 3. The van der Waals surface area contributed by atoms with Crippen LogP contribution >= 0.6 is 11.8 Å². The summed E-state index contributed by atoms with van der Waals surface area (Å²) in [7, 11) is 0. The summed E-state index contributed by atoms with van der Waals surface area (Å²) in [5.41, 5.74) is 0.556. The number of carboxylic acids is 1. The van der Waals surface area contributed by atoms with Gasteiger partial charge in [0.25, 0.3) is 0 Å². The molecular formula is C21H24FN3O3S. The molecule has 0 saturated carbocycles. The van der Waals surface area contributed by atoms with Gasteiger partial charge in [-0.05, 0) is 38.1 Å². The summed E-state index contributed by atoms with van der Waals surface area (Å²) in [4.78, 5) is 29.0. The Hall–Kier alpha value is -2.06. The summed E-state index contributed by atoms with van der Waals surface area (Å²) in [6.45, 7) is 7.63. The number of aromatic carboxylic acids is 1. The number of benzene rings is 1. The Morgan fingerprint density at radius 1 is 1.24 bits per heavy atom. The van der Waals surface area contributed by atoms with Gasteiger partial charge in [-0.25, -0.2) is 9.18 Å². The van der Waals surface area contributed by atoms with Crippen molar-refractivity contribution in [2.45, 2.75) is 31.3 Å². The minimum absolute atomic E-state index is 0.154. The average molecular weight is 418 g/mol. The van der Waals surface area contributed by atoms with E-state index in [0.29, 0.717) is 28.5 Å². The number of nitrogens with zero attached hydrogens (tertiary/aromatic N) is 3. The van der Waals surface area contributed by atoms with Gasteiger partial charge in [0, 0.05) is 42.7 Å². The van der Waals surface area contributed by atoms with Gasteiger partial charge in [-0.2, -0.15) is 0 Å². The van der Waals surface area contributed by atoms with Crippen LogP contribution in [-0.4, -0.2) is 59.0 Å². The van der Waals surface area contributed by atoms with Crippen molar-refractivity contribution in [1.29, 1.82) is 0 Å². The number of hydrogen-bond acceptors (Lipinski definition) is 5. The number of aryl methyl sites for hydroxylation is 1. The van der Waals surface area contributed by atoms with Crippen LogP contribution in [0.15, 0.2) is 22.0 Å². The molecule has 1 N–H and O–H groups in total. The third kappa shape index (κ3) is 2.87. The van der Waals surface area contributed by atoms with E-state index >= 15 is 4.39 Å². The van der Waals surface area contributed by atoms with Crippen LogP contribution in [0.2, 0.25) is 0 Å². The first kappa shape index (κ1) is 18.9. The van der Waals surface area contributed by atoms with Gasteiger partial charge >= 0.3 is 5.97 Å². The van der Waals surface area contributed by atoms with Crippen LogP contribution in [0.25, 0.3) is 10.9 Å². The monoisotopic (exact) mass is 417 g/mol. The lowest BCUT2D eigenvalue weighted by Gasteiger charge is -2.26. The molecule has 1 atom stereocenters. The molecule has 0 aliphatic carbocycles. The van der Waals surface area contributed by atoms with Crippen molar-refractivity contribution in [1.82, 2.24) is 9.47 Å². The predicted molar refractivity (Wildman–Crippen MR) is 112 cm³/mol. The molecule has 1 spiro atoms. The maximum absolute atomic E-state index is 15.1. The highest BCUT2D eigenvalue weighted by molar-refractivity contribution is 7.99. The second-order valence-electron chi connectivity index (χ2n) is 8.43. The molecule has 2 saturated heterocycles. The third-order valence-corrected chi connectivity index (χ3v) is 7.88. The molecule has 4 heterocycles. The van der Waals surface area contributed by atoms with Crippen molar-refractivity contribution in [2.24, 2.45) is 5.41 Å². The van der Waals surface area contributed by atoms with Gasteiger partial charge in [-0.3, -0.25) is 4.79 Å². The molecule has 8 heteroatoms. The zero-order valence-electron chi connectivity index (χ0n) is 16.4. The van der Waals surface area contributed by atoms with E-state index in [4.69, 9.17) is 0 Å². The van der Waals surface area contributed by atoms with E-state index in [1.165, 1.54) is 17.8 Å².